The number of aldehydes is 1. The summed E-state index contributed by atoms with van der Waals surface area (Å²) in [5.74, 6) is 4.49. The molecule has 3 aliphatic carbocycles. The number of hydrogen-bond acceptors (Lipinski definition) is 8. The number of nitrogens with zero attached hydrogens (tertiary/aromatic N) is 3. The van der Waals surface area contributed by atoms with Crippen LogP contribution in [-0.4, -0.2) is 121 Å². The average Bonchev–Trinajstić information content (AvgIpc) is 3.75. The molecule has 8 heteroatoms. The molecule has 5 aliphatic rings. The van der Waals surface area contributed by atoms with E-state index in [0.717, 1.165) is 51.5 Å². The molecule has 0 aromatic rings. The molecule has 2 N–H and O–H groups in total. The first kappa shape index (κ1) is 45.4. The molecule has 8 nitrogen and oxygen atoms in total. The summed E-state index contributed by atoms with van der Waals surface area (Å²) in [4.78, 5) is 22.2. The van der Waals surface area contributed by atoms with Gasteiger partial charge in [0.15, 0.2) is 0 Å². The largest absolute Gasteiger partial charge is 0.400 e. The minimum absolute atomic E-state index is 0.210. The Morgan fingerprint density at radius 3 is 2.10 bits per heavy atom. The van der Waals surface area contributed by atoms with E-state index >= 15 is 0 Å². The van der Waals surface area contributed by atoms with Crippen molar-refractivity contribution in [1.29, 1.82) is 0 Å². The van der Waals surface area contributed by atoms with Crippen LogP contribution in [0, 0.1) is 46.8 Å². The summed E-state index contributed by atoms with van der Waals surface area (Å²) in [5.41, 5.74) is 0.609. The fourth-order valence-electron chi connectivity index (χ4n) is 8.86. The molecule has 9 unspecified atom stereocenters. The molecule has 3 saturated carbocycles. The third kappa shape index (κ3) is 15.7. The molecule has 5 rings (SSSR count). The Bertz CT molecular complexity index is 808. The number of ether oxygens (including phenoxy) is 1. The highest BCUT2D eigenvalue weighted by Crippen LogP contribution is 2.44. The lowest BCUT2D eigenvalue weighted by Gasteiger charge is -2.46. The van der Waals surface area contributed by atoms with Crippen LogP contribution in [0.15, 0.2) is 0 Å². The highest BCUT2D eigenvalue weighted by molar-refractivity contribution is 5.53. The quantitative estimate of drug-likeness (QED) is 0.282. The van der Waals surface area contributed by atoms with Gasteiger partial charge in [-0.3, -0.25) is 4.84 Å². The van der Waals surface area contributed by atoms with Gasteiger partial charge in [-0.1, -0.05) is 47.5 Å². The van der Waals surface area contributed by atoms with Crippen molar-refractivity contribution in [2.45, 2.75) is 124 Å². The number of likely N-dealkylation sites (tertiary alicyclic amines) is 1. The lowest BCUT2D eigenvalue weighted by Crippen LogP contribution is -2.47. The number of carbonyl (C=O) groups excluding carboxylic acids is 1. The van der Waals surface area contributed by atoms with Crippen LogP contribution in [0.5, 0.6) is 0 Å². The third-order valence-corrected chi connectivity index (χ3v) is 12.2. The van der Waals surface area contributed by atoms with Crippen LogP contribution in [-0.2, 0) is 14.4 Å². The molecule has 48 heavy (non-hydrogen) atoms. The van der Waals surface area contributed by atoms with Crippen molar-refractivity contribution in [3.63, 3.8) is 0 Å². The molecular weight excluding hydrogens is 600 g/mol. The van der Waals surface area contributed by atoms with Crippen molar-refractivity contribution in [3.8, 4) is 0 Å². The van der Waals surface area contributed by atoms with Crippen LogP contribution in [0.25, 0.3) is 0 Å². The molecule has 0 bridgehead atoms. The molecule has 2 aliphatic heterocycles. The summed E-state index contributed by atoms with van der Waals surface area (Å²) in [6, 6.07) is 0.518. The van der Waals surface area contributed by atoms with E-state index in [2.05, 4.69) is 75.9 Å². The topological polar surface area (TPSA) is 77.5 Å². The number of hydrogen-bond donors (Lipinski definition) is 2. The lowest BCUT2D eigenvalue weighted by molar-refractivity contribution is -0.144. The van der Waals surface area contributed by atoms with E-state index in [4.69, 9.17) is 14.7 Å². The number of carbonyl (C=O) groups is 1. The summed E-state index contributed by atoms with van der Waals surface area (Å²) in [5, 5.41) is 11.9. The van der Waals surface area contributed by atoms with Gasteiger partial charge < -0.3 is 29.8 Å². The number of nitrogens with one attached hydrogen (secondary N) is 1. The first-order valence-electron chi connectivity index (χ1n) is 19.6. The third-order valence-electron chi connectivity index (χ3n) is 12.2. The molecule has 0 amide bonds. The van der Waals surface area contributed by atoms with Gasteiger partial charge in [-0.05, 0) is 148 Å². The summed E-state index contributed by atoms with van der Waals surface area (Å²) in [6.45, 7) is 17.4. The Morgan fingerprint density at radius 1 is 1.00 bits per heavy atom. The monoisotopic (exact) mass is 683 g/mol. The fourth-order valence-corrected chi connectivity index (χ4v) is 8.86. The number of aliphatic hydroxyl groups is 1. The molecule has 0 spiro atoms. The smallest absolute Gasteiger partial charge is 0.123 e. The summed E-state index contributed by atoms with van der Waals surface area (Å²) in [7, 11) is 13.1. The van der Waals surface area contributed by atoms with Crippen molar-refractivity contribution >= 4 is 6.29 Å². The zero-order chi connectivity index (χ0) is 36.3. The predicted molar refractivity (Wildman–Crippen MR) is 203 cm³/mol. The Labute approximate surface area is 298 Å². The fraction of sp³-hybridized carbons (Fsp3) is 0.975. The van der Waals surface area contributed by atoms with Crippen LogP contribution in [0.2, 0.25) is 0 Å². The molecule has 0 aromatic heterocycles. The van der Waals surface area contributed by atoms with E-state index in [1.165, 1.54) is 83.6 Å². The van der Waals surface area contributed by atoms with E-state index < -0.39 is 0 Å². The molecule has 9 atom stereocenters. The number of hydroxylamine groups is 2. The summed E-state index contributed by atoms with van der Waals surface area (Å²) < 4.78 is 6.11. The lowest BCUT2D eigenvalue weighted by atomic mass is 9.65. The van der Waals surface area contributed by atoms with Crippen LogP contribution >= 0.6 is 0 Å². The van der Waals surface area contributed by atoms with Crippen molar-refractivity contribution in [2.75, 3.05) is 82.2 Å². The summed E-state index contributed by atoms with van der Waals surface area (Å²) >= 11 is 0. The van der Waals surface area contributed by atoms with E-state index in [1.54, 1.807) is 0 Å². The van der Waals surface area contributed by atoms with Gasteiger partial charge in [0, 0.05) is 45.2 Å². The van der Waals surface area contributed by atoms with E-state index in [0.29, 0.717) is 41.2 Å². The second-order valence-corrected chi connectivity index (χ2v) is 16.7. The highest BCUT2D eigenvalue weighted by atomic mass is 16.7. The zero-order valence-corrected chi connectivity index (χ0v) is 33.8. The van der Waals surface area contributed by atoms with Crippen molar-refractivity contribution in [1.82, 2.24) is 20.2 Å². The first-order chi connectivity index (χ1) is 22.9. The molecular formula is C40H82N4O4. The van der Waals surface area contributed by atoms with Gasteiger partial charge in [0.25, 0.3) is 0 Å². The number of methoxy groups -OCH3 is 1. The maximum Gasteiger partial charge on any atom is 0.123 e. The second kappa shape index (κ2) is 24.6. The van der Waals surface area contributed by atoms with E-state index in [1.807, 2.05) is 21.2 Å². The highest BCUT2D eigenvalue weighted by Gasteiger charge is 2.43. The van der Waals surface area contributed by atoms with Crippen molar-refractivity contribution in [2.24, 2.45) is 46.8 Å². The first-order valence-corrected chi connectivity index (χ1v) is 19.6. The van der Waals surface area contributed by atoms with Gasteiger partial charge in [-0.25, -0.2) is 0 Å². The SMILES string of the molecule is CC1CCC(C)C(C)(C)C1.CCC1CON(CC2CCCC(C3CC(C=O)CC(N(C)C)C3)C2OC)C1.CN1CCCC1.CNC.CO. The normalized spacial score (nSPS) is 35.1. The van der Waals surface area contributed by atoms with Gasteiger partial charge >= 0.3 is 0 Å². The predicted octanol–water partition coefficient (Wildman–Crippen LogP) is 6.86. The molecule has 0 radical (unpaired) electrons. The Hall–Kier alpha value is -0.610. The maximum atomic E-state index is 11.6. The Kier molecular flexibility index (Phi) is 23.2. The van der Waals surface area contributed by atoms with Gasteiger partial charge in [0.05, 0.1) is 12.7 Å². The maximum absolute atomic E-state index is 11.6. The van der Waals surface area contributed by atoms with Gasteiger partial charge in [0.1, 0.15) is 6.29 Å². The molecule has 286 valence electrons. The van der Waals surface area contributed by atoms with Crippen LogP contribution in [0.3, 0.4) is 0 Å². The zero-order valence-electron chi connectivity index (χ0n) is 33.8. The standard InChI is InChI=1S/C22H40N2O3.C10H20.C5H11N.C2H7N.CH4O/c1-5-16-12-24(27-15-16)13-18-7-6-8-21(22(18)26-4)19-9-17(14-25)10-20(11-19)23(2)3;1-8-5-6-9(2)10(3,4)7-8;1-6-4-2-3-5-6;1-3-2;1-2/h14,16-22H,5-13,15H2,1-4H3;8-9H,5-7H2,1-4H3;2-5H2,1H3;3H,1-2H3;2H,1H3. The Balaban J connectivity index is 0.000000445. The molecule has 2 heterocycles. The molecule has 0 aromatic carbocycles. The Morgan fingerprint density at radius 2 is 1.65 bits per heavy atom. The minimum atomic E-state index is 0.210. The average molecular weight is 683 g/mol. The van der Waals surface area contributed by atoms with Crippen molar-refractivity contribution < 1.29 is 19.5 Å². The summed E-state index contributed by atoms with van der Waals surface area (Å²) in [6.07, 6.45) is 16.8. The molecule has 5 fully saturated rings. The van der Waals surface area contributed by atoms with E-state index in [9.17, 15) is 4.79 Å². The second-order valence-electron chi connectivity index (χ2n) is 16.7. The van der Waals surface area contributed by atoms with Gasteiger partial charge in [-0.15, -0.1) is 0 Å². The van der Waals surface area contributed by atoms with Crippen LogP contribution in [0.1, 0.15) is 112 Å². The van der Waals surface area contributed by atoms with E-state index in [-0.39, 0.29) is 5.92 Å². The van der Waals surface area contributed by atoms with Crippen LogP contribution < -0.4 is 5.32 Å². The van der Waals surface area contributed by atoms with Crippen molar-refractivity contribution in [3.05, 3.63) is 0 Å². The van der Waals surface area contributed by atoms with Gasteiger partial charge in [0.2, 0.25) is 0 Å². The minimum Gasteiger partial charge on any atom is -0.400 e. The van der Waals surface area contributed by atoms with Crippen LogP contribution in [0.4, 0.5) is 0 Å². The molecule has 2 saturated heterocycles. The number of aliphatic hydroxyl groups excluding tert-OH is 1. The number of rotatable bonds is 7. The van der Waals surface area contributed by atoms with Gasteiger partial charge in [-0.2, -0.15) is 5.06 Å².